The highest BCUT2D eigenvalue weighted by Crippen LogP contribution is 2.36. The fourth-order valence-corrected chi connectivity index (χ4v) is 3.07. The Bertz CT molecular complexity index is 491. The first-order chi connectivity index (χ1) is 10.1. The molecule has 0 spiro atoms. The molecule has 1 aromatic rings. The third kappa shape index (κ3) is 3.54. The fraction of sp³-hybridized carbons (Fsp3) is 0.562. The van der Waals surface area contributed by atoms with Crippen molar-refractivity contribution in [3.63, 3.8) is 0 Å². The first-order valence-corrected chi connectivity index (χ1v) is 7.42. The molecule has 21 heavy (non-hydrogen) atoms. The van der Waals surface area contributed by atoms with Crippen LogP contribution in [-0.4, -0.2) is 34.9 Å². The number of ether oxygens (including phenoxy) is 1. The maximum atomic E-state index is 11.3. The number of rotatable bonds is 7. The van der Waals surface area contributed by atoms with Crippen molar-refractivity contribution in [1.82, 2.24) is 0 Å². The Morgan fingerprint density at radius 1 is 1.43 bits per heavy atom. The Morgan fingerprint density at radius 3 is 2.90 bits per heavy atom. The summed E-state index contributed by atoms with van der Waals surface area (Å²) in [6.07, 6.45) is 3.42. The third-order valence-electron chi connectivity index (χ3n) is 4.35. The van der Waals surface area contributed by atoms with Crippen LogP contribution < -0.4 is 10.5 Å². The zero-order valence-corrected chi connectivity index (χ0v) is 12.1. The summed E-state index contributed by atoms with van der Waals surface area (Å²) in [5, 5.41) is 18.3. The van der Waals surface area contributed by atoms with Crippen LogP contribution in [0.3, 0.4) is 0 Å². The monoisotopic (exact) mass is 293 g/mol. The van der Waals surface area contributed by atoms with Gasteiger partial charge in [-0.15, -0.1) is 0 Å². The molecule has 0 aromatic heterocycles. The molecule has 0 heterocycles. The SMILES string of the molecule is NC1(C(=O)O)CCCC1CCOc1ccccc1CCO. The molecule has 5 heteroatoms. The molecule has 4 N–H and O–H groups in total. The number of para-hydroxylation sites is 1. The summed E-state index contributed by atoms with van der Waals surface area (Å²) in [6, 6.07) is 7.58. The van der Waals surface area contributed by atoms with Crippen molar-refractivity contribution in [2.24, 2.45) is 11.7 Å². The van der Waals surface area contributed by atoms with E-state index in [0.29, 0.717) is 25.9 Å². The summed E-state index contributed by atoms with van der Waals surface area (Å²) in [7, 11) is 0. The minimum atomic E-state index is -1.10. The van der Waals surface area contributed by atoms with Gasteiger partial charge in [-0.2, -0.15) is 0 Å². The van der Waals surface area contributed by atoms with Crippen molar-refractivity contribution >= 4 is 5.97 Å². The third-order valence-corrected chi connectivity index (χ3v) is 4.35. The highest BCUT2D eigenvalue weighted by molar-refractivity contribution is 5.79. The van der Waals surface area contributed by atoms with E-state index in [9.17, 15) is 9.90 Å². The molecule has 1 aromatic carbocycles. The molecular weight excluding hydrogens is 270 g/mol. The molecule has 0 bridgehead atoms. The maximum Gasteiger partial charge on any atom is 0.323 e. The van der Waals surface area contributed by atoms with Crippen LogP contribution in [0.4, 0.5) is 0 Å². The molecule has 0 saturated heterocycles. The van der Waals surface area contributed by atoms with Gasteiger partial charge in [-0.05, 0) is 43.2 Å². The number of aliphatic hydroxyl groups is 1. The van der Waals surface area contributed by atoms with Gasteiger partial charge in [0, 0.05) is 6.61 Å². The number of aliphatic carboxylic acids is 1. The predicted octanol–water partition coefficient (Wildman–Crippen LogP) is 1.57. The van der Waals surface area contributed by atoms with E-state index in [1.54, 1.807) is 0 Å². The Labute approximate surface area is 124 Å². The average Bonchev–Trinajstić information content (AvgIpc) is 2.84. The number of carboxylic acid groups (broad SMARTS) is 1. The van der Waals surface area contributed by atoms with Crippen molar-refractivity contribution in [2.75, 3.05) is 13.2 Å². The molecule has 0 aliphatic heterocycles. The van der Waals surface area contributed by atoms with E-state index in [1.807, 2.05) is 24.3 Å². The van der Waals surface area contributed by atoms with Crippen LogP contribution in [0, 0.1) is 5.92 Å². The van der Waals surface area contributed by atoms with E-state index < -0.39 is 11.5 Å². The minimum Gasteiger partial charge on any atom is -0.493 e. The normalized spacial score (nSPS) is 25.0. The number of benzene rings is 1. The van der Waals surface area contributed by atoms with Gasteiger partial charge in [-0.3, -0.25) is 4.79 Å². The highest BCUT2D eigenvalue weighted by Gasteiger charge is 2.45. The van der Waals surface area contributed by atoms with Gasteiger partial charge in [-0.1, -0.05) is 24.6 Å². The second kappa shape index (κ2) is 6.91. The van der Waals surface area contributed by atoms with Gasteiger partial charge in [0.15, 0.2) is 0 Å². The molecule has 1 fully saturated rings. The summed E-state index contributed by atoms with van der Waals surface area (Å²) in [6.45, 7) is 0.521. The van der Waals surface area contributed by atoms with E-state index in [1.165, 1.54) is 0 Å². The minimum absolute atomic E-state index is 0.0417. The maximum absolute atomic E-state index is 11.3. The lowest BCUT2D eigenvalue weighted by Gasteiger charge is -2.26. The van der Waals surface area contributed by atoms with Gasteiger partial charge in [-0.25, -0.2) is 0 Å². The molecule has 1 aliphatic carbocycles. The Kier molecular flexibility index (Phi) is 5.20. The number of hydrogen-bond donors (Lipinski definition) is 3. The van der Waals surface area contributed by atoms with Crippen LogP contribution in [0.25, 0.3) is 0 Å². The number of nitrogens with two attached hydrogens (primary N) is 1. The molecule has 116 valence electrons. The van der Waals surface area contributed by atoms with Crippen LogP contribution in [0.15, 0.2) is 24.3 Å². The molecular formula is C16H23NO4. The lowest BCUT2D eigenvalue weighted by molar-refractivity contribution is -0.144. The largest absolute Gasteiger partial charge is 0.493 e. The van der Waals surface area contributed by atoms with E-state index in [2.05, 4.69) is 0 Å². The summed E-state index contributed by atoms with van der Waals surface area (Å²) < 4.78 is 5.77. The molecule has 0 radical (unpaired) electrons. The van der Waals surface area contributed by atoms with Gasteiger partial charge < -0.3 is 20.7 Å². The zero-order valence-electron chi connectivity index (χ0n) is 12.1. The van der Waals surface area contributed by atoms with Crippen LogP contribution in [0.2, 0.25) is 0 Å². The highest BCUT2D eigenvalue weighted by atomic mass is 16.5. The lowest BCUT2D eigenvalue weighted by Crippen LogP contribution is -2.51. The molecule has 1 aliphatic rings. The number of hydrogen-bond acceptors (Lipinski definition) is 4. The average molecular weight is 293 g/mol. The predicted molar refractivity (Wildman–Crippen MR) is 79.2 cm³/mol. The molecule has 2 atom stereocenters. The molecule has 2 unspecified atom stereocenters. The van der Waals surface area contributed by atoms with Crippen molar-refractivity contribution in [3.05, 3.63) is 29.8 Å². The molecule has 1 saturated carbocycles. The molecule has 5 nitrogen and oxygen atoms in total. The van der Waals surface area contributed by atoms with E-state index in [-0.39, 0.29) is 12.5 Å². The summed E-state index contributed by atoms with van der Waals surface area (Å²) in [5.74, 6) is -0.201. The van der Waals surface area contributed by atoms with Gasteiger partial charge in [0.05, 0.1) is 6.61 Å². The van der Waals surface area contributed by atoms with Gasteiger partial charge >= 0.3 is 5.97 Å². The van der Waals surface area contributed by atoms with Gasteiger partial charge in [0.1, 0.15) is 11.3 Å². The van der Waals surface area contributed by atoms with Crippen molar-refractivity contribution in [2.45, 2.75) is 37.6 Å². The summed E-state index contributed by atoms with van der Waals surface area (Å²) >= 11 is 0. The molecule has 0 amide bonds. The van der Waals surface area contributed by atoms with Crippen molar-refractivity contribution < 1.29 is 19.7 Å². The second-order valence-corrected chi connectivity index (χ2v) is 5.65. The number of carboxylic acids is 1. The standard InChI is InChI=1S/C16H23NO4/c17-16(15(19)20)9-3-5-13(16)8-11-21-14-6-2-1-4-12(14)7-10-18/h1-2,4,6,13,18H,3,5,7-11,17H2,(H,19,20). The van der Waals surface area contributed by atoms with Gasteiger partial charge in [0.2, 0.25) is 0 Å². The Hall–Kier alpha value is -1.59. The number of carbonyl (C=O) groups is 1. The first kappa shape index (κ1) is 15.8. The number of aliphatic hydroxyl groups excluding tert-OH is 1. The zero-order chi connectivity index (χ0) is 15.3. The Morgan fingerprint density at radius 2 is 2.19 bits per heavy atom. The van der Waals surface area contributed by atoms with Crippen LogP contribution in [-0.2, 0) is 11.2 Å². The summed E-state index contributed by atoms with van der Waals surface area (Å²) in [5.41, 5.74) is 5.87. The van der Waals surface area contributed by atoms with Crippen molar-refractivity contribution in [3.8, 4) is 5.75 Å². The van der Waals surface area contributed by atoms with E-state index >= 15 is 0 Å². The summed E-state index contributed by atoms with van der Waals surface area (Å²) in [4.78, 5) is 11.3. The smallest absolute Gasteiger partial charge is 0.323 e. The van der Waals surface area contributed by atoms with Crippen LogP contribution in [0.5, 0.6) is 5.75 Å². The first-order valence-electron chi connectivity index (χ1n) is 7.42. The lowest BCUT2D eigenvalue weighted by atomic mass is 9.86. The van der Waals surface area contributed by atoms with Crippen molar-refractivity contribution in [1.29, 1.82) is 0 Å². The van der Waals surface area contributed by atoms with Crippen LogP contribution >= 0.6 is 0 Å². The molecule has 2 rings (SSSR count). The second-order valence-electron chi connectivity index (χ2n) is 5.65. The van der Waals surface area contributed by atoms with Gasteiger partial charge in [0.25, 0.3) is 0 Å². The van der Waals surface area contributed by atoms with E-state index in [4.69, 9.17) is 15.6 Å². The van der Waals surface area contributed by atoms with E-state index in [0.717, 1.165) is 24.2 Å². The van der Waals surface area contributed by atoms with Crippen LogP contribution in [0.1, 0.15) is 31.2 Å². The Balaban J connectivity index is 1.91. The topological polar surface area (TPSA) is 92.8 Å². The fourth-order valence-electron chi connectivity index (χ4n) is 3.07. The quantitative estimate of drug-likeness (QED) is 0.709.